The van der Waals surface area contributed by atoms with Crippen LogP contribution in [0, 0.1) is 13.8 Å². The van der Waals surface area contributed by atoms with Crippen molar-refractivity contribution in [3.05, 3.63) is 110 Å². The van der Waals surface area contributed by atoms with Gasteiger partial charge in [0, 0.05) is 11.1 Å². The molecule has 2 aromatic rings. The second-order valence-electron chi connectivity index (χ2n) is 18.4. The van der Waals surface area contributed by atoms with E-state index in [9.17, 15) is 29.4 Å². The van der Waals surface area contributed by atoms with E-state index < -0.39 is 23.9 Å². The molecule has 0 aliphatic heterocycles. The summed E-state index contributed by atoms with van der Waals surface area (Å²) < 4.78 is 10.4. The number of carboxylic acids is 2. The fourth-order valence-corrected chi connectivity index (χ4v) is 7.69. The average molecular weight is 1090 g/mol. The number of aromatic carboxylic acids is 2. The van der Waals surface area contributed by atoms with Gasteiger partial charge in [0.25, 0.3) is 0 Å². The van der Waals surface area contributed by atoms with Gasteiger partial charge in [0.05, 0.1) is 36.3 Å². The Labute approximate surface area is 452 Å². The third-order valence-corrected chi connectivity index (χ3v) is 12.0. The monoisotopic (exact) mass is 1090 g/mol. The number of allylic oxidation sites excluding steroid dienone is 2. The summed E-state index contributed by atoms with van der Waals surface area (Å²) in [7, 11) is 0. The first-order valence-electron chi connectivity index (χ1n) is 27.9. The Morgan fingerprint density at radius 2 is 0.634 bits per heavy atom. The SMILES string of the molecule is C=CCCCCCCCCCCCCCOC(=O)c1ccccc1C(=O)[O-].C=CCCCCCCCCCCCCCOC(=O)c1ccccc1C(=O)[O-].[CH2]CCCCCCC.[CH2]CCCCCCC.[Sn+2]. The minimum atomic E-state index is -1.36. The second-order valence-corrected chi connectivity index (χ2v) is 18.4. The maximum Gasteiger partial charge on any atom is 2.00 e. The number of unbranched alkanes of at least 4 members (excludes halogenated alkanes) is 32. The molecule has 9 heteroatoms. The minimum absolute atomic E-state index is 0. The molecule has 0 amide bonds. The molecule has 0 fully saturated rings. The van der Waals surface area contributed by atoms with Gasteiger partial charge < -0.3 is 29.3 Å². The first-order chi connectivity index (χ1) is 34.2. The molecule has 2 aromatic carbocycles. The molecule has 0 bridgehead atoms. The van der Waals surface area contributed by atoms with Gasteiger partial charge >= 0.3 is 35.8 Å². The van der Waals surface area contributed by atoms with Crippen molar-refractivity contribution in [3.8, 4) is 0 Å². The van der Waals surface area contributed by atoms with Crippen LogP contribution in [0.4, 0.5) is 0 Å². The molecule has 71 heavy (non-hydrogen) atoms. The van der Waals surface area contributed by atoms with Crippen LogP contribution in [0.1, 0.15) is 286 Å². The number of carboxylic acid groups (broad SMARTS) is 2. The van der Waals surface area contributed by atoms with Gasteiger partial charge in [-0.3, -0.25) is 0 Å². The molecule has 0 N–H and O–H groups in total. The number of ether oxygens (including phenoxy) is 2. The van der Waals surface area contributed by atoms with Crippen LogP contribution in [-0.4, -0.2) is 61.0 Å². The summed E-state index contributed by atoms with van der Waals surface area (Å²) in [6.07, 6.45) is 48.9. The maximum atomic E-state index is 12.0. The fraction of sp³-hybridized carbons (Fsp3) is 0.645. The van der Waals surface area contributed by atoms with Gasteiger partial charge in [-0.15, -0.1) is 13.2 Å². The van der Waals surface area contributed by atoms with Crippen molar-refractivity contribution < 1.29 is 38.9 Å². The normalized spacial score (nSPS) is 10.2. The molecule has 0 saturated heterocycles. The van der Waals surface area contributed by atoms with Crippen LogP contribution in [-0.2, 0) is 9.47 Å². The Morgan fingerprint density at radius 1 is 0.394 bits per heavy atom. The number of hydrogen-bond acceptors (Lipinski definition) is 8. The Kier molecular flexibility index (Phi) is 58.2. The van der Waals surface area contributed by atoms with E-state index in [0.717, 1.165) is 64.2 Å². The molecule has 0 atom stereocenters. The van der Waals surface area contributed by atoms with E-state index in [-0.39, 0.29) is 46.2 Å². The smallest absolute Gasteiger partial charge is 0.545 e. The van der Waals surface area contributed by atoms with Crippen LogP contribution in [0.3, 0.4) is 0 Å². The van der Waals surface area contributed by atoms with Crippen LogP contribution < -0.4 is 10.2 Å². The van der Waals surface area contributed by atoms with Gasteiger partial charge in [-0.1, -0.05) is 269 Å². The van der Waals surface area contributed by atoms with Crippen LogP contribution in [0.15, 0.2) is 73.8 Å². The van der Waals surface area contributed by atoms with Crippen molar-refractivity contribution in [2.24, 2.45) is 0 Å². The third kappa shape index (κ3) is 47.4. The van der Waals surface area contributed by atoms with Crippen molar-refractivity contribution in [1.29, 1.82) is 0 Å². The number of carbonyl (C=O) groups is 4. The fourth-order valence-electron chi connectivity index (χ4n) is 7.69. The zero-order valence-electron chi connectivity index (χ0n) is 45.2. The molecule has 0 heterocycles. The summed E-state index contributed by atoms with van der Waals surface area (Å²) in [6.45, 7) is 20.2. The Morgan fingerprint density at radius 3 is 0.887 bits per heavy atom. The molecule has 8 nitrogen and oxygen atoms in total. The zero-order chi connectivity index (χ0) is 52.0. The predicted molar refractivity (Wildman–Crippen MR) is 297 cm³/mol. The third-order valence-electron chi connectivity index (χ3n) is 12.0. The topological polar surface area (TPSA) is 133 Å². The first kappa shape index (κ1) is 71.8. The minimum Gasteiger partial charge on any atom is -0.545 e. The standard InChI is InChI=1S/2C23H34O4.2C8H17.Sn/c2*1-2-3-4-5-6-7-8-9-10-11-12-13-16-19-27-23(26)21-18-15-14-17-20(21)22(24)25;2*1-3-5-7-8-6-4-2;/h2*2,14-15,17-18H,1,3-13,16,19H2,(H,24,25);2*1,3-8H2,2H3;/q;;;;+2/p-2. The van der Waals surface area contributed by atoms with Gasteiger partial charge in [-0.2, -0.15) is 0 Å². The molecule has 0 aromatic heterocycles. The number of benzene rings is 2. The number of hydrogen-bond donors (Lipinski definition) is 0. The first-order valence-corrected chi connectivity index (χ1v) is 27.9. The summed E-state index contributed by atoms with van der Waals surface area (Å²) in [5, 5.41) is 22.0. The van der Waals surface area contributed by atoms with Gasteiger partial charge in [0.1, 0.15) is 0 Å². The van der Waals surface area contributed by atoms with Gasteiger partial charge in [0.2, 0.25) is 0 Å². The van der Waals surface area contributed by atoms with E-state index in [1.165, 1.54) is 191 Å². The Bertz CT molecular complexity index is 1420. The molecule has 0 saturated carbocycles. The molecular formula is C62H100O8Sn. The second kappa shape index (κ2) is 57.5. The van der Waals surface area contributed by atoms with Crippen LogP contribution in [0.5, 0.6) is 0 Å². The number of rotatable bonds is 42. The molecule has 4 radical (unpaired) electrons. The van der Waals surface area contributed by atoms with E-state index in [1.54, 1.807) is 24.3 Å². The summed E-state index contributed by atoms with van der Waals surface area (Å²) in [6, 6.07) is 12.0. The maximum absolute atomic E-state index is 12.0. The van der Waals surface area contributed by atoms with E-state index >= 15 is 0 Å². The summed E-state index contributed by atoms with van der Waals surface area (Å²) >= 11 is 0. The van der Waals surface area contributed by atoms with Crippen molar-refractivity contribution in [3.63, 3.8) is 0 Å². The van der Waals surface area contributed by atoms with Gasteiger partial charge in [-0.25, -0.2) is 9.59 Å². The summed E-state index contributed by atoms with van der Waals surface area (Å²) in [5.74, 6) is -3.91. The quantitative estimate of drug-likeness (QED) is 0.0278. The Hall–Kier alpha value is -3.40. The van der Waals surface area contributed by atoms with Crippen molar-refractivity contribution >= 4 is 47.8 Å². The predicted octanol–water partition coefficient (Wildman–Crippen LogP) is 16.1. The van der Waals surface area contributed by atoms with Crippen LogP contribution in [0.2, 0.25) is 0 Å². The number of esters is 2. The molecule has 0 aliphatic rings. The van der Waals surface area contributed by atoms with Crippen molar-refractivity contribution in [1.82, 2.24) is 0 Å². The van der Waals surface area contributed by atoms with E-state index in [1.807, 2.05) is 12.2 Å². The molecule has 0 unspecified atom stereocenters. The molecule has 0 aliphatic carbocycles. The Balaban J connectivity index is -0.000000986. The van der Waals surface area contributed by atoms with Crippen LogP contribution in [0.25, 0.3) is 0 Å². The van der Waals surface area contributed by atoms with E-state index in [0.29, 0.717) is 13.2 Å². The van der Waals surface area contributed by atoms with E-state index in [2.05, 4.69) is 40.9 Å². The van der Waals surface area contributed by atoms with Crippen molar-refractivity contribution in [2.45, 2.75) is 245 Å². The zero-order valence-corrected chi connectivity index (χ0v) is 48.1. The molecule has 0 spiro atoms. The van der Waals surface area contributed by atoms with Crippen molar-refractivity contribution in [2.75, 3.05) is 13.2 Å². The molecule has 2 rings (SSSR count). The van der Waals surface area contributed by atoms with Crippen LogP contribution >= 0.6 is 0 Å². The largest absolute Gasteiger partial charge is 2.00 e. The summed E-state index contributed by atoms with van der Waals surface area (Å²) in [4.78, 5) is 46.0. The average Bonchev–Trinajstić information content (AvgIpc) is 3.37. The van der Waals surface area contributed by atoms with Gasteiger partial charge in [0.15, 0.2) is 0 Å². The number of carbonyl (C=O) groups excluding carboxylic acids is 4. The van der Waals surface area contributed by atoms with E-state index in [4.69, 9.17) is 9.47 Å². The van der Waals surface area contributed by atoms with Gasteiger partial charge in [-0.05, 0) is 50.7 Å². The molecular weight excluding hydrogens is 991 g/mol. The molecule has 400 valence electrons. The summed E-state index contributed by atoms with van der Waals surface area (Å²) in [5.41, 5.74) is -0.129.